The number of carbonyl (C=O) groups is 4. The van der Waals surface area contributed by atoms with Crippen molar-refractivity contribution >= 4 is 29.4 Å². The topological polar surface area (TPSA) is 92.8 Å². The molecule has 0 saturated heterocycles. The van der Waals surface area contributed by atoms with Crippen molar-refractivity contribution in [3.8, 4) is 0 Å². The molecule has 3 aromatic carbocycles. The predicted molar refractivity (Wildman–Crippen MR) is 122 cm³/mol. The largest absolute Gasteiger partial charge is 0.444 e. The Kier molecular flexibility index (Phi) is 5.79. The molecule has 33 heavy (non-hydrogen) atoms. The van der Waals surface area contributed by atoms with Gasteiger partial charge in [-0.2, -0.15) is 0 Å². The fourth-order valence-electron chi connectivity index (χ4n) is 3.63. The van der Waals surface area contributed by atoms with Crippen molar-refractivity contribution in [1.29, 1.82) is 0 Å². The van der Waals surface area contributed by atoms with E-state index < -0.39 is 29.8 Å². The second-order valence-electron chi connectivity index (χ2n) is 7.93. The number of hydrogen-bond donors (Lipinski definition) is 1. The molecule has 1 unspecified atom stereocenters. The molecular formula is C26H22N2O5. The molecular weight excluding hydrogens is 420 g/mol. The first-order valence-electron chi connectivity index (χ1n) is 10.4. The SMILES string of the molecule is Cc1ccc(C)c(NC(=O)C(OC(=O)c2ccc3c(c2)C(=O)N(C)C3=O)c2ccccc2)c1. The Bertz CT molecular complexity index is 1280. The highest BCUT2D eigenvalue weighted by Crippen LogP contribution is 2.26. The van der Waals surface area contributed by atoms with E-state index in [4.69, 9.17) is 4.74 Å². The zero-order valence-electron chi connectivity index (χ0n) is 18.4. The van der Waals surface area contributed by atoms with Crippen molar-refractivity contribution in [1.82, 2.24) is 4.90 Å². The molecule has 0 radical (unpaired) electrons. The minimum Gasteiger partial charge on any atom is -0.444 e. The van der Waals surface area contributed by atoms with Gasteiger partial charge in [-0.3, -0.25) is 19.3 Å². The van der Waals surface area contributed by atoms with Gasteiger partial charge in [0.2, 0.25) is 6.10 Å². The smallest absolute Gasteiger partial charge is 0.339 e. The number of carbonyl (C=O) groups excluding carboxylic acids is 4. The van der Waals surface area contributed by atoms with Gasteiger partial charge in [0.1, 0.15) is 0 Å². The summed E-state index contributed by atoms with van der Waals surface area (Å²) in [7, 11) is 1.38. The Balaban J connectivity index is 1.62. The lowest BCUT2D eigenvalue weighted by Crippen LogP contribution is -2.26. The molecule has 3 aromatic rings. The number of fused-ring (bicyclic) bond motifs is 1. The zero-order chi connectivity index (χ0) is 23.7. The van der Waals surface area contributed by atoms with Crippen LogP contribution in [-0.2, 0) is 9.53 Å². The molecule has 4 rings (SSSR count). The Morgan fingerprint density at radius 1 is 0.879 bits per heavy atom. The van der Waals surface area contributed by atoms with E-state index in [1.54, 1.807) is 30.3 Å². The molecule has 0 saturated carbocycles. The van der Waals surface area contributed by atoms with Crippen LogP contribution in [0.3, 0.4) is 0 Å². The summed E-state index contributed by atoms with van der Waals surface area (Å²) in [6.45, 7) is 3.79. The summed E-state index contributed by atoms with van der Waals surface area (Å²) < 4.78 is 5.61. The molecule has 0 spiro atoms. The van der Waals surface area contributed by atoms with Crippen LogP contribution in [0.25, 0.3) is 0 Å². The van der Waals surface area contributed by atoms with E-state index in [1.807, 2.05) is 32.0 Å². The molecule has 0 aromatic heterocycles. The lowest BCUT2D eigenvalue weighted by molar-refractivity contribution is -0.125. The number of nitrogens with zero attached hydrogens (tertiary/aromatic N) is 1. The van der Waals surface area contributed by atoms with Crippen LogP contribution in [0.15, 0.2) is 66.7 Å². The van der Waals surface area contributed by atoms with Crippen LogP contribution in [0.1, 0.15) is 53.9 Å². The Morgan fingerprint density at radius 2 is 1.58 bits per heavy atom. The standard InChI is InChI=1S/C26H22N2O5/c1-15-9-10-16(2)21(13-15)27-23(29)22(17-7-5-4-6-8-17)33-26(32)18-11-12-19-20(14-18)25(31)28(3)24(19)30/h4-14,22H,1-3H3,(H,27,29). The Morgan fingerprint density at radius 3 is 2.30 bits per heavy atom. The van der Waals surface area contributed by atoms with Gasteiger partial charge in [0.15, 0.2) is 0 Å². The number of rotatable bonds is 5. The summed E-state index contributed by atoms with van der Waals surface area (Å²) in [4.78, 5) is 51.5. The van der Waals surface area contributed by atoms with Crippen LogP contribution in [0.2, 0.25) is 0 Å². The summed E-state index contributed by atoms with van der Waals surface area (Å²) in [5.41, 5.74) is 3.41. The highest BCUT2D eigenvalue weighted by atomic mass is 16.5. The number of anilines is 1. The number of aryl methyl sites for hydroxylation is 2. The number of hydrogen-bond acceptors (Lipinski definition) is 5. The maximum absolute atomic E-state index is 13.2. The van der Waals surface area contributed by atoms with E-state index in [0.29, 0.717) is 11.3 Å². The van der Waals surface area contributed by atoms with Crippen molar-refractivity contribution < 1.29 is 23.9 Å². The highest BCUT2D eigenvalue weighted by Gasteiger charge is 2.34. The van der Waals surface area contributed by atoms with Crippen molar-refractivity contribution in [2.75, 3.05) is 12.4 Å². The number of esters is 1. The fraction of sp³-hybridized carbons (Fsp3) is 0.154. The Hall–Kier alpha value is -4.26. The van der Waals surface area contributed by atoms with Crippen molar-refractivity contribution in [3.05, 3.63) is 100 Å². The number of imide groups is 1. The number of ether oxygens (including phenoxy) is 1. The highest BCUT2D eigenvalue weighted by molar-refractivity contribution is 6.21. The van der Waals surface area contributed by atoms with Gasteiger partial charge in [-0.25, -0.2) is 4.79 Å². The molecule has 1 N–H and O–H groups in total. The molecule has 7 heteroatoms. The zero-order valence-corrected chi connectivity index (χ0v) is 18.4. The fourth-order valence-corrected chi connectivity index (χ4v) is 3.63. The summed E-state index contributed by atoms with van der Waals surface area (Å²) in [5, 5.41) is 2.85. The van der Waals surface area contributed by atoms with E-state index >= 15 is 0 Å². The summed E-state index contributed by atoms with van der Waals surface area (Å²) in [5.74, 6) is -2.20. The molecule has 0 fully saturated rings. The average Bonchev–Trinajstić information content (AvgIpc) is 3.03. The minimum atomic E-state index is -1.22. The summed E-state index contributed by atoms with van der Waals surface area (Å²) in [6.07, 6.45) is -1.22. The molecule has 1 heterocycles. The van der Waals surface area contributed by atoms with Gasteiger partial charge in [-0.05, 0) is 49.2 Å². The number of benzene rings is 3. The lowest BCUT2D eigenvalue weighted by Gasteiger charge is -2.19. The molecule has 1 atom stereocenters. The maximum Gasteiger partial charge on any atom is 0.339 e. The number of nitrogens with one attached hydrogen (secondary N) is 1. The monoisotopic (exact) mass is 442 g/mol. The maximum atomic E-state index is 13.2. The first kappa shape index (κ1) is 22.0. The van der Waals surface area contributed by atoms with Crippen LogP contribution < -0.4 is 5.32 Å². The number of amides is 3. The minimum absolute atomic E-state index is 0.0747. The van der Waals surface area contributed by atoms with Gasteiger partial charge < -0.3 is 10.1 Å². The van der Waals surface area contributed by atoms with Gasteiger partial charge >= 0.3 is 5.97 Å². The van der Waals surface area contributed by atoms with Crippen molar-refractivity contribution in [2.45, 2.75) is 20.0 Å². The summed E-state index contributed by atoms with van der Waals surface area (Å²) in [6, 6.07) is 18.5. The summed E-state index contributed by atoms with van der Waals surface area (Å²) >= 11 is 0. The van der Waals surface area contributed by atoms with E-state index in [9.17, 15) is 19.2 Å². The third-order valence-corrected chi connectivity index (χ3v) is 5.54. The normalized spacial score (nSPS) is 13.5. The van der Waals surface area contributed by atoms with E-state index in [-0.39, 0.29) is 16.7 Å². The van der Waals surface area contributed by atoms with Crippen LogP contribution in [-0.4, -0.2) is 35.6 Å². The van der Waals surface area contributed by atoms with Gasteiger partial charge in [0.25, 0.3) is 17.7 Å². The molecule has 7 nitrogen and oxygen atoms in total. The quantitative estimate of drug-likeness (QED) is 0.475. The van der Waals surface area contributed by atoms with E-state index in [1.165, 1.54) is 25.2 Å². The molecule has 1 aliphatic heterocycles. The van der Waals surface area contributed by atoms with E-state index in [0.717, 1.165) is 16.0 Å². The lowest BCUT2D eigenvalue weighted by atomic mass is 10.1. The molecule has 166 valence electrons. The third kappa shape index (κ3) is 4.25. The van der Waals surface area contributed by atoms with E-state index in [2.05, 4.69) is 5.32 Å². The molecule has 3 amide bonds. The molecule has 1 aliphatic rings. The Labute approximate surface area is 191 Å². The third-order valence-electron chi connectivity index (χ3n) is 5.54. The second-order valence-corrected chi connectivity index (χ2v) is 7.93. The predicted octanol–water partition coefficient (Wildman–Crippen LogP) is 4.07. The van der Waals surface area contributed by atoms with Crippen LogP contribution in [0.5, 0.6) is 0 Å². The second kappa shape index (κ2) is 8.70. The first-order valence-corrected chi connectivity index (χ1v) is 10.4. The molecule has 0 aliphatic carbocycles. The van der Waals surface area contributed by atoms with Crippen molar-refractivity contribution in [3.63, 3.8) is 0 Å². The van der Waals surface area contributed by atoms with Crippen molar-refractivity contribution in [2.24, 2.45) is 0 Å². The van der Waals surface area contributed by atoms with Crippen LogP contribution in [0.4, 0.5) is 5.69 Å². The van der Waals surface area contributed by atoms with Gasteiger partial charge in [-0.1, -0.05) is 42.5 Å². The van der Waals surface area contributed by atoms with Crippen LogP contribution in [0, 0.1) is 13.8 Å². The van der Waals surface area contributed by atoms with Crippen LogP contribution >= 0.6 is 0 Å². The molecule has 0 bridgehead atoms. The van der Waals surface area contributed by atoms with Gasteiger partial charge in [-0.15, -0.1) is 0 Å². The van der Waals surface area contributed by atoms with Gasteiger partial charge in [0, 0.05) is 18.3 Å². The first-order chi connectivity index (χ1) is 15.8. The average molecular weight is 442 g/mol. The van der Waals surface area contributed by atoms with Gasteiger partial charge in [0.05, 0.1) is 16.7 Å².